The standard InChI is InChI=1S/C15H29N3OS/c1-6-8-16-13(4)14-11-20-15(17-14)18(9-10-19-5)12(3)7-2/h11-13,16H,6-10H2,1-5H3. The summed E-state index contributed by atoms with van der Waals surface area (Å²) >= 11 is 1.73. The van der Waals surface area contributed by atoms with Crippen molar-refractivity contribution in [3.8, 4) is 0 Å². The lowest BCUT2D eigenvalue weighted by molar-refractivity contribution is 0.203. The molecule has 116 valence electrons. The van der Waals surface area contributed by atoms with Crippen LogP contribution in [0.25, 0.3) is 0 Å². The first-order chi connectivity index (χ1) is 9.63. The third-order valence-corrected chi connectivity index (χ3v) is 4.45. The minimum atomic E-state index is 0.321. The number of aromatic nitrogens is 1. The summed E-state index contributed by atoms with van der Waals surface area (Å²) in [6.07, 6.45) is 2.26. The van der Waals surface area contributed by atoms with E-state index in [4.69, 9.17) is 9.72 Å². The van der Waals surface area contributed by atoms with Gasteiger partial charge < -0.3 is 15.0 Å². The van der Waals surface area contributed by atoms with Crippen LogP contribution in [0.3, 0.4) is 0 Å². The molecule has 1 aromatic heterocycles. The molecule has 0 aliphatic heterocycles. The molecule has 1 heterocycles. The molecule has 0 aliphatic rings. The maximum atomic E-state index is 5.22. The summed E-state index contributed by atoms with van der Waals surface area (Å²) in [5, 5.41) is 6.77. The van der Waals surface area contributed by atoms with Crippen molar-refractivity contribution in [2.24, 2.45) is 0 Å². The first-order valence-electron chi connectivity index (χ1n) is 7.58. The monoisotopic (exact) mass is 299 g/mol. The summed E-state index contributed by atoms with van der Waals surface area (Å²) in [5.41, 5.74) is 1.14. The molecule has 0 amide bonds. The molecule has 0 radical (unpaired) electrons. The van der Waals surface area contributed by atoms with E-state index in [1.54, 1.807) is 18.4 Å². The van der Waals surface area contributed by atoms with E-state index in [1.807, 2.05) is 0 Å². The zero-order chi connectivity index (χ0) is 15.0. The summed E-state index contributed by atoms with van der Waals surface area (Å²) in [4.78, 5) is 7.16. The van der Waals surface area contributed by atoms with Gasteiger partial charge in [-0.05, 0) is 33.2 Å². The number of nitrogens with one attached hydrogen (secondary N) is 1. The van der Waals surface area contributed by atoms with Crippen LogP contribution >= 0.6 is 11.3 Å². The van der Waals surface area contributed by atoms with Crippen LogP contribution in [0.2, 0.25) is 0 Å². The number of hydrogen-bond donors (Lipinski definition) is 1. The lowest BCUT2D eigenvalue weighted by atomic mass is 10.2. The first-order valence-corrected chi connectivity index (χ1v) is 8.46. The Hall–Kier alpha value is -0.650. The maximum absolute atomic E-state index is 5.22. The fourth-order valence-corrected chi connectivity index (χ4v) is 3.03. The van der Waals surface area contributed by atoms with E-state index in [1.165, 1.54) is 0 Å². The van der Waals surface area contributed by atoms with E-state index < -0.39 is 0 Å². The molecule has 2 atom stereocenters. The molecule has 1 aromatic rings. The van der Waals surface area contributed by atoms with Gasteiger partial charge in [0.1, 0.15) is 0 Å². The third kappa shape index (κ3) is 5.04. The highest BCUT2D eigenvalue weighted by atomic mass is 32.1. The van der Waals surface area contributed by atoms with E-state index in [0.717, 1.165) is 43.4 Å². The highest BCUT2D eigenvalue weighted by molar-refractivity contribution is 7.13. The van der Waals surface area contributed by atoms with Crippen LogP contribution in [0.15, 0.2) is 5.38 Å². The lowest BCUT2D eigenvalue weighted by Gasteiger charge is -2.27. The van der Waals surface area contributed by atoms with Crippen molar-refractivity contribution in [2.75, 3.05) is 31.7 Å². The Morgan fingerprint density at radius 2 is 2.15 bits per heavy atom. The highest BCUT2D eigenvalue weighted by Gasteiger charge is 2.18. The molecule has 0 fully saturated rings. The van der Waals surface area contributed by atoms with Gasteiger partial charge in [-0.2, -0.15) is 0 Å². The maximum Gasteiger partial charge on any atom is 0.185 e. The average Bonchev–Trinajstić information content (AvgIpc) is 2.94. The average molecular weight is 299 g/mol. The summed E-state index contributed by atoms with van der Waals surface area (Å²) in [6.45, 7) is 11.5. The van der Waals surface area contributed by atoms with Crippen molar-refractivity contribution in [3.63, 3.8) is 0 Å². The van der Waals surface area contributed by atoms with Crippen LogP contribution < -0.4 is 10.2 Å². The van der Waals surface area contributed by atoms with Gasteiger partial charge in [-0.25, -0.2) is 4.98 Å². The topological polar surface area (TPSA) is 37.4 Å². The number of nitrogens with zero attached hydrogens (tertiary/aromatic N) is 2. The van der Waals surface area contributed by atoms with Crippen LogP contribution in [0.4, 0.5) is 5.13 Å². The van der Waals surface area contributed by atoms with Crippen LogP contribution in [-0.4, -0.2) is 37.8 Å². The van der Waals surface area contributed by atoms with Crippen LogP contribution in [0, 0.1) is 0 Å². The molecule has 1 N–H and O–H groups in total. The largest absolute Gasteiger partial charge is 0.383 e. The Kier molecular flexibility index (Phi) is 8.11. The van der Waals surface area contributed by atoms with E-state index in [0.29, 0.717) is 12.1 Å². The normalized spacial score (nSPS) is 14.2. The molecule has 0 spiro atoms. The number of thiazole rings is 1. The van der Waals surface area contributed by atoms with Gasteiger partial charge in [-0.3, -0.25) is 0 Å². The lowest BCUT2D eigenvalue weighted by Crippen LogP contribution is -2.35. The Morgan fingerprint density at radius 1 is 1.40 bits per heavy atom. The second kappa shape index (κ2) is 9.32. The van der Waals surface area contributed by atoms with Gasteiger partial charge in [0.15, 0.2) is 5.13 Å². The van der Waals surface area contributed by atoms with Crippen molar-refractivity contribution >= 4 is 16.5 Å². The van der Waals surface area contributed by atoms with E-state index in [9.17, 15) is 0 Å². The number of methoxy groups -OCH3 is 1. The van der Waals surface area contributed by atoms with Gasteiger partial charge in [0.05, 0.1) is 12.3 Å². The second-order valence-corrected chi connectivity index (χ2v) is 6.01. The Bertz CT molecular complexity index is 370. The van der Waals surface area contributed by atoms with Gasteiger partial charge in [0, 0.05) is 31.1 Å². The molecule has 0 aliphatic carbocycles. The van der Waals surface area contributed by atoms with Crippen molar-refractivity contribution in [1.82, 2.24) is 10.3 Å². The predicted octanol–water partition coefficient (Wildman–Crippen LogP) is 3.46. The summed E-state index contributed by atoms with van der Waals surface area (Å²) in [6, 6.07) is 0.809. The molecule has 5 heteroatoms. The van der Waals surface area contributed by atoms with Gasteiger partial charge in [0.25, 0.3) is 0 Å². The van der Waals surface area contributed by atoms with E-state index >= 15 is 0 Å². The highest BCUT2D eigenvalue weighted by Crippen LogP contribution is 2.26. The number of rotatable bonds is 10. The van der Waals surface area contributed by atoms with Crippen LogP contribution in [0.1, 0.15) is 52.3 Å². The number of hydrogen-bond acceptors (Lipinski definition) is 5. The minimum Gasteiger partial charge on any atom is -0.383 e. The zero-order valence-corrected chi connectivity index (χ0v) is 14.3. The molecule has 0 saturated carbocycles. The summed E-state index contributed by atoms with van der Waals surface area (Å²) in [5.74, 6) is 0. The Balaban J connectivity index is 2.74. The number of anilines is 1. The van der Waals surface area contributed by atoms with E-state index in [2.05, 4.69) is 43.3 Å². The molecule has 2 unspecified atom stereocenters. The molecule has 1 rings (SSSR count). The van der Waals surface area contributed by atoms with E-state index in [-0.39, 0.29) is 0 Å². The van der Waals surface area contributed by atoms with Gasteiger partial charge >= 0.3 is 0 Å². The van der Waals surface area contributed by atoms with Gasteiger partial charge in [-0.15, -0.1) is 11.3 Å². The van der Waals surface area contributed by atoms with Crippen LogP contribution in [0.5, 0.6) is 0 Å². The third-order valence-electron chi connectivity index (χ3n) is 3.56. The molecule has 0 bridgehead atoms. The second-order valence-electron chi connectivity index (χ2n) is 5.17. The fraction of sp³-hybridized carbons (Fsp3) is 0.800. The summed E-state index contributed by atoms with van der Waals surface area (Å²) in [7, 11) is 1.75. The molecule has 4 nitrogen and oxygen atoms in total. The number of ether oxygens (including phenoxy) is 1. The van der Waals surface area contributed by atoms with Crippen LogP contribution in [-0.2, 0) is 4.74 Å². The molecular weight excluding hydrogens is 270 g/mol. The quantitative estimate of drug-likeness (QED) is 0.718. The molecule has 0 saturated heterocycles. The Labute approximate surface area is 127 Å². The summed E-state index contributed by atoms with van der Waals surface area (Å²) < 4.78 is 5.22. The van der Waals surface area contributed by atoms with Gasteiger partial charge in [0.2, 0.25) is 0 Å². The van der Waals surface area contributed by atoms with Gasteiger partial charge in [-0.1, -0.05) is 13.8 Å². The smallest absolute Gasteiger partial charge is 0.185 e. The predicted molar refractivity (Wildman–Crippen MR) is 87.8 cm³/mol. The zero-order valence-electron chi connectivity index (χ0n) is 13.5. The minimum absolute atomic E-state index is 0.321. The van der Waals surface area contributed by atoms with Crippen molar-refractivity contribution in [3.05, 3.63) is 11.1 Å². The molecule has 0 aromatic carbocycles. The molecular formula is C15H29N3OS. The van der Waals surface area contributed by atoms with Crippen molar-refractivity contribution in [1.29, 1.82) is 0 Å². The Morgan fingerprint density at radius 3 is 2.75 bits per heavy atom. The SMILES string of the molecule is CCCNC(C)c1csc(N(CCOC)C(C)CC)n1. The van der Waals surface area contributed by atoms with Crippen molar-refractivity contribution < 1.29 is 4.74 Å². The first kappa shape index (κ1) is 17.4. The van der Waals surface area contributed by atoms with Crippen molar-refractivity contribution in [2.45, 2.75) is 52.6 Å². The fourth-order valence-electron chi connectivity index (χ4n) is 1.99. The molecule has 20 heavy (non-hydrogen) atoms.